The first-order valence-corrected chi connectivity index (χ1v) is 35.8. The number of hydrogen-bond acceptors (Lipinski definition) is 21. The number of fused-ring (bicyclic) bond motifs is 2. The quantitative estimate of drug-likeness (QED) is 0.0351. The molecule has 4 aromatic heterocycles. The molecule has 0 radical (unpaired) electrons. The van der Waals surface area contributed by atoms with E-state index in [9.17, 15) is 41.8 Å². The Morgan fingerprint density at radius 1 is 0.621 bits per heavy atom. The number of urea groups is 2. The van der Waals surface area contributed by atoms with Crippen molar-refractivity contribution in [3.63, 3.8) is 0 Å². The van der Waals surface area contributed by atoms with E-state index in [1.165, 1.54) is 73.3 Å². The fourth-order valence-corrected chi connectivity index (χ4v) is 16.2. The molecule has 0 spiro atoms. The predicted octanol–water partition coefficient (Wildman–Crippen LogP) is 9.01. The van der Waals surface area contributed by atoms with Crippen molar-refractivity contribution in [1.82, 2.24) is 70.8 Å². The molecule has 534 valence electrons. The number of aliphatic hydroxyl groups excluding tert-OH is 1. The van der Waals surface area contributed by atoms with Gasteiger partial charge in [-0.1, -0.05) is 59.6 Å². The van der Waals surface area contributed by atoms with Gasteiger partial charge in [-0.3, -0.25) is 29.6 Å². The highest BCUT2D eigenvalue weighted by Crippen LogP contribution is 2.41. The van der Waals surface area contributed by atoms with Crippen LogP contribution in [-0.2, 0) is 19.1 Å². The Balaban J connectivity index is 0.000000166. The van der Waals surface area contributed by atoms with E-state index in [0.717, 1.165) is 34.0 Å². The molecule has 8 aliphatic heterocycles. The van der Waals surface area contributed by atoms with Crippen LogP contribution in [0.2, 0.25) is 10.0 Å². The minimum Gasteiger partial charge on any atom is -0.466 e. The maximum absolute atomic E-state index is 14.0. The Bertz CT molecular complexity index is 4680. The number of alkyl halides is 2. The molecule has 0 aliphatic carbocycles. The summed E-state index contributed by atoms with van der Waals surface area (Å²) in [5, 5.41) is 27.8. The van der Waals surface area contributed by atoms with Crippen molar-refractivity contribution in [3.8, 4) is 22.5 Å². The molecular weight excluding hydrogens is 1420 g/mol. The topological polar surface area (TPSA) is 282 Å². The van der Waals surface area contributed by atoms with Gasteiger partial charge < -0.3 is 55.6 Å². The number of nitrogens with one attached hydrogen (secondary N) is 6. The third-order valence-corrected chi connectivity index (χ3v) is 21.7. The number of aromatic nitrogens is 6. The largest absolute Gasteiger partial charge is 0.466 e. The number of aliphatic hydroxyl groups is 1. The number of thiazole rings is 2. The van der Waals surface area contributed by atoms with E-state index in [1.54, 1.807) is 34.6 Å². The van der Waals surface area contributed by atoms with Crippen LogP contribution >= 0.6 is 45.9 Å². The number of ether oxygens (including phenoxy) is 2. The lowest BCUT2D eigenvalue weighted by Crippen LogP contribution is -2.53. The number of anilines is 2. The summed E-state index contributed by atoms with van der Waals surface area (Å²) in [6.07, 6.45) is 6.69. The number of carbonyl (C=O) groups is 4. The molecule has 2 unspecified atom stereocenters. The van der Waals surface area contributed by atoms with Gasteiger partial charge in [0.15, 0.2) is 21.7 Å². The van der Waals surface area contributed by atoms with Crippen molar-refractivity contribution >= 4 is 92.9 Å². The Morgan fingerprint density at radius 2 is 1.09 bits per heavy atom. The van der Waals surface area contributed by atoms with E-state index in [4.69, 9.17) is 42.7 Å². The normalized spacial score (nSPS) is 23.4. The number of piperazine rings is 2. The molecule has 6 fully saturated rings. The number of H-pyrrole nitrogens is 2. The average Bonchev–Trinajstić information content (AvgIpc) is 1.74. The van der Waals surface area contributed by atoms with Gasteiger partial charge in [-0.05, 0) is 66.1 Å². The zero-order chi connectivity index (χ0) is 71.4. The summed E-state index contributed by atoms with van der Waals surface area (Å²) in [6.45, 7) is 5.04. The van der Waals surface area contributed by atoms with Gasteiger partial charge >= 0.3 is 24.0 Å². The number of esters is 2. The fourth-order valence-electron chi connectivity index (χ4n) is 14.4. The van der Waals surface area contributed by atoms with Crippen LogP contribution in [-0.4, -0.2) is 207 Å². The molecule has 4 aromatic carbocycles. The maximum atomic E-state index is 14.0. The minimum absolute atomic E-state index is 0.00708. The number of amidine groups is 2. The van der Waals surface area contributed by atoms with E-state index in [0.29, 0.717) is 134 Å². The predicted molar refractivity (Wildman–Crippen MR) is 379 cm³/mol. The highest BCUT2D eigenvalue weighted by Gasteiger charge is 2.46. The molecular formula is C70H68Cl2F4N18O7S2. The molecule has 16 rings (SSSR count). The number of aliphatic imine (C=N–C) groups is 2. The van der Waals surface area contributed by atoms with E-state index in [2.05, 4.69) is 61.0 Å². The Morgan fingerprint density at radius 3 is 1.49 bits per heavy atom. The molecule has 0 bridgehead atoms. The van der Waals surface area contributed by atoms with E-state index >= 15 is 0 Å². The van der Waals surface area contributed by atoms with Gasteiger partial charge in [0.2, 0.25) is 0 Å². The molecule has 8 aliphatic rings. The molecule has 25 nitrogen and oxygen atoms in total. The van der Waals surface area contributed by atoms with Gasteiger partial charge in [0.05, 0.1) is 86.0 Å². The summed E-state index contributed by atoms with van der Waals surface area (Å²) in [4.78, 5) is 99.5. The molecule has 103 heavy (non-hydrogen) atoms. The standard InChI is InChI=1S/C35H33ClF3N9O3S.C35H35ClFN9O4S/c1-51-33(49)28-27(44-31(32-40-8-11-52-32)45-29(28)23-7-4-20(37)12-24(23)36)17-46-9-10-47-22(15-46)16-48(34(47)50)21-5-2-19(3-6-21)26-14-41-30(43-26)25-13-35(38,39)18-42-25;1-50-34(48)29-28(42-32(33-38-8-11-51-33)43-30(29)24-7-4-20(37)12-25(24)36)18-44-9-10-45-22(16-44)17-46(35(45)49)21-5-2-19(3-6-21)27-15-40-31(41-27)26-13-23(47)14-39-26/h2-8,11-12,14,22,25,29,42H,9-10,13,15-18H2,1H3,(H,41,43)(H,44,45);2-8,11-12,15,22-23,26,30,39,47H,9-10,13-14,16-18H2,1H3,(H,40,41)(H,42,43)/t22-,25?,29-;22-,23+,26?,30-/m00/s1. The second kappa shape index (κ2) is 29.0. The van der Waals surface area contributed by atoms with Crippen molar-refractivity contribution in [1.29, 1.82) is 0 Å². The van der Waals surface area contributed by atoms with Crippen LogP contribution < -0.4 is 31.1 Å². The molecule has 7 atom stereocenters. The van der Waals surface area contributed by atoms with E-state index in [-0.39, 0.29) is 70.4 Å². The lowest BCUT2D eigenvalue weighted by Gasteiger charge is -2.38. The Labute approximate surface area is 605 Å². The second-order valence-electron chi connectivity index (χ2n) is 26.0. The fraction of sp³-hybridized carbons (Fsp3) is 0.343. The maximum Gasteiger partial charge on any atom is 0.338 e. The summed E-state index contributed by atoms with van der Waals surface area (Å²) in [7, 11) is 2.61. The van der Waals surface area contributed by atoms with Crippen molar-refractivity contribution in [3.05, 3.63) is 197 Å². The second-order valence-corrected chi connectivity index (χ2v) is 28.6. The summed E-state index contributed by atoms with van der Waals surface area (Å²) in [6, 6.07) is 20.7. The van der Waals surface area contributed by atoms with E-state index < -0.39 is 47.6 Å². The number of methoxy groups -OCH3 is 2. The molecule has 7 N–H and O–H groups in total. The van der Waals surface area contributed by atoms with Crippen LogP contribution in [0.15, 0.2) is 153 Å². The van der Waals surface area contributed by atoms with Gasteiger partial charge in [0.25, 0.3) is 5.92 Å². The molecule has 6 saturated heterocycles. The first kappa shape index (κ1) is 69.3. The average molecular weight is 1480 g/mol. The third kappa shape index (κ3) is 14.3. The van der Waals surface area contributed by atoms with Gasteiger partial charge in [-0.2, -0.15) is 0 Å². The van der Waals surface area contributed by atoms with Crippen molar-refractivity contribution in [2.45, 2.75) is 61.1 Å². The highest BCUT2D eigenvalue weighted by atomic mass is 35.5. The molecule has 33 heteroatoms. The number of hydrogen-bond donors (Lipinski definition) is 7. The van der Waals surface area contributed by atoms with Crippen LogP contribution in [0.25, 0.3) is 22.5 Å². The van der Waals surface area contributed by atoms with Gasteiger partial charge in [-0.15, -0.1) is 22.7 Å². The first-order chi connectivity index (χ1) is 49.8. The molecule has 8 aromatic rings. The number of imidazole rings is 2. The summed E-state index contributed by atoms with van der Waals surface area (Å²) in [5.41, 5.74) is 7.46. The number of β-amino-alcohol motifs (C(OH)–C–C–N with tert-alkyl or cyclic N) is 1. The number of nitrogens with zero attached hydrogens (tertiary/aromatic N) is 12. The number of aromatic amines is 2. The molecule has 12 heterocycles. The Hall–Kier alpha value is -9.44. The van der Waals surface area contributed by atoms with Gasteiger partial charge in [0, 0.05) is 146 Å². The molecule has 0 saturated carbocycles. The SMILES string of the molecule is COC(=O)C1=C(CN2CCN3C(=O)N(c4ccc(-c5cnc(C6CC(F)(F)CN6)[nH]5)cc4)C[C@@H]3C2)NC(c2nccs2)=N[C@H]1c1ccc(F)cc1Cl.COC(=O)C1=C(CN2CCN3C(=O)N(c4ccc(-c5cnc(C6C[C@@H](O)CN6)[nH]5)cc4)C[C@@H]3C2)NC(c2nccs2)=N[C@H]1c1ccc(F)cc1Cl. The lowest BCUT2D eigenvalue weighted by molar-refractivity contribution is -0.137. The van der Waals surface area contributed by atoms with Crippen molar-refractivity contribution in [2.75, 3.05) is 103 Å². The zero-order valence-electron chi connectivity index (χ0n) is 55.3. The van der Waals surface area contributed by atoms with Crippen LogP contribution in [0, 0.1) is 11.6 Å². The molecule has 4 amide bonds. The van der Waals surface area contributed by atoms with Crippen LogP contribution in [0.4, 0.5) is 38.5 Å². The van der Waals surface area contributed by atoms with E-state index in [1.807, 2.05) is 69.1 Å². The number of rotatable bonds is 16. The number of benzene rings is 4. The van der Waals surface area contributed by atoms with Crippen molar-refractivity contribution < 1.29 is 51.3 Å². The summed E-state index contributed by atoms with van der Waals surface area (Å²) in [5.74, 6) is -2.75. The Kier molecular flexibility index (Phi) is 19.5. The van der Waals surface area contributed by atoms with Crippen LogP contribution in [0.1, 0.15) is 69.8 Å². The highest BCUT2D eigenvalue weighted by molar-refractivity contribution is 7.12. The number of amides is 4. The third-order valence-electron chi connectivity index (χ3n) is 19.5. The van der Waals surface area contributed by atoms with Crippen LogP contribution in [0.5, 0.6) is 0 Å². The zero-order valence-corrected chi connectivity index (χ0v) is 58.5. The summed E-state index contributed by atoms with van der Waals surface area (Å²) < 4.78 is 65.9. The van der Waals surface area contributed by atoms with Gasteiger partial charge in [0.1, 0.15) is 35.4 Å². The van der Waals surface area contributed by atoms with Crippen molar-refractivity contribution in [2.24, 2.45) is 9.98 Å². The lowest BCUT2D eigenvalue weighted by atomic mass is 9.95. The smallest absolute Gasteiger partial charge is 0.338 e. The van der Waals surface area contributed by atoms with Gasteiger partial charge in [-0.25, -0.2) is 56.7 Å². The van der Waals surface area contributed by atoms with Crippen LogP contribution in [0.3, 0.4) is 0 Å². The first-order valence-electron chi connectivity index (χ1n) is 33.3. The number of carbonyl (C=O) groups excluding carboxylic acids is 4. The monoisotopic (exact) mass is 1480 g/mol. The minimum atomic E-state index is -2.76. The number of halogens is 6. The summed E-state index contributed by atoms with van der Waals surface area (Å²) >= 11 is 15.8.